The number of amidine groups is 1. The maximum atomic E-state index is 11.7. The number of sulfone groups is 1. The van der Waals surface area contributed by atoms with Crippen LogP contribution >= 0.6 is 0 Å². The second-order valence-electron chi connectivity index (χ2n) is 5.02. The van der Waals surface area contributed by atoms with Crippen molar-refractivity contribution in [2.45, 2.75) is 20.3 Å². The summed E-state index contributed by atoms with van der Waals surface area (Å²) in [7, 11) is -2.99. The number of nitrogen functional groups attached to an aromatic ring is 1. The molecule has 0 unspecified atom stereocenters. The van der Waals surface area contributed by atoms with E-state index in [0.717, 1.165) is 11.3 Å². The summed E-state index contributed by atoms with van der Waals surface area (Å²) in [4.78, 5) is 1.86. The zero-order valence-corrected chi connectivity index (χ0v) is 12.5. The highest BCUT2D eigenvalue weighted by Crippen LogP contribution is 2.23. The first-order chi connectivity index (χ1) is 9.32. The number of anilines is 1. The fourth-order valence-electron chi connectivity index (χ4n) is 2.29. The topological polar surface area (TPSA) is 113 Å². The van der Waals surface area contributed by atoms with Gasteiger partial charge in [0.15, 0.2) is 15.7 Å². The Balaban J connectivity index is 2.42. The lowest BCUT2D eigenvalue weighted by Crippen LogP contribution is -2.31. The van der Waals surface area contributed by atoms with E-state index in [1.807, 2.05) is 18.7 Å². The molecular formula is C12H19N5O2S. The molecule has 110 valence electrons. The van der Waals surface area contributed by atoms with E-state index < -0.39 is 9.84 Å². The summed E-state index contributed by atoms with van der Waals surface area (Å²) in [6, 6.07) is 0. The molecule has 0 aliphatic carbocycles. The van der Waals surface area contributed by atoms with Crippen LogP contribution in [0.3, 0.4) is 0 Å². The Kier molecular flexibility index (Phi) is 3.94. The van der Waals surface area contributed by atoms with Gasteiger partial charge in [0.2, 0.25) is 0 Å². The van der Waals surface area contributed by atoms with E-state index in [4.69, 9.17) is 11.1 Å². The Hall–Kier alpha value is -1.70. The molecular weight excluding hydrogens is 278 g/mol. The predicted octanol–water partition coefficient (Wildman–Crippen LogP) is 0.00241. The second kappa shape index (κ2) is 5.35. The number of hydrogen-bond acceptors (Lipinski definition) is 6. The highest BCUT2D eigenvalue weighted by molar-refractivity contribution is 7.91. The molecule has 0 radical (unpaired) electrons. The minimum atomic E-state index is -2.99. The van der Waals surface area contributed by atoms with E-state index in [1.165, 1.54) is 0 Å². The Morgan fingerprint density at radius 1 is 1.25 bits per heavy atom. The quantitative estimate of drug-likeness (QED) is 0.587. The van der Waals surface area contributed by atoms with E-state index in [2.05, 4.69) is 10.2 Å². The number of aromatic nitrogens is 2. The maximum absolute atomic E-state index is 11.7. The molecule has 3 N–H and O–H groups in total. The maximum Gasteiger partial charge on any atom is 0.162 e. The van der Waals surface area contributed by atoms with E-state index in [0.29, 0.717) is 30.9 Å². The molecule has 0 aromatic carbocycles. The van der Waals surface area contributed by atoms with Crippen molar-refractivity contribution < 1.29 is 8.42 Å². The number of aryl methyl sites for hydroxylation is 1. The largest absolute Gasteiger partial charge is 0.384 e. The summed E-state index contributed by atoms with van der Waals surface area (Å²) in [5.41, 5.74) is 7.74. The molecule has 8 heteroatoms. The van der Waals surface area contributed by atoms with Crippen LogP contribution in [-0.2, 0) is 9.84 Å². The SMILES string of the molecule is Cc1nnc(N2CCCS(=O)(=O)CC2)c(C(=N)N)c1C. The smallest absolute Gasteiger partial charge is 0.162 e. The van der Waals surface area contributed by atoms with Crippen LogP contribution in [0.2, 0.25) is 0 Å². The standard InChI is InChI=1S/C12H19N5O2S/c1-8-9(2)15-16-12(10(8)11(13)14)17-4-3-6-20(18,19)7-5-17/h3-7H2,1-2H3,(H3,13,14). The Bertz CT molecular complexity index is 641. The van der Waals surface area contributed by atoms with E-state index >= 15 is 0 Å². The molecule has 0 saturated carbocycles. The summed E-state index contributed by atoms with van der Waals surface area (Å²) in [5, 5.41) is 15.9. The van der Waals surface area contributed by atoms with Crippen molar-refractivity contribution in [2.75, 3.05) is 29.5 Å². The third-order valence-electron chi connectivity index (χ3n) is 3.56. The molecule has 1 saturated heterocycles. The third kappa shape index (κ3) is 2.90. The molecule has 2 heterocycles. The number of nitrogens with zero attached hydrogens (tertiary/aromatic N) is 3. The van der Waals surface area contributed by atoms with Gasteiger partial charge in [-0.25, -0.2) is 8.42 Å². The first-order valence-electron chi connectivity index (χ1n) is 6.45. The lowest BCUT2D eigenvalue weighted by molar-refractivity contribution is 0.597. The van der Waals surface area contributed by atoms with Gasteiger partial charge in [0.1, 0.15) is 5.84 Å². The van der Waals surface area contributed by atoms with Gasteiger partial charge in [-0.3, -0.25) is 5.41 Å². The van der Waals surface area contributed by atoms with Gasteiger partial charge >= 0.3 is 0 Å². The zero-order chi connectivity index (χ0) is 14.9. The van der Waals surface area contributed by atoms with Crippen LogP contribution in [0.4, 0.5) is 5.82 Å². The van der Waals surface area contributed by atoms with Crippen LogP contribution in [-0.4, -0.2) is 49.0 Å². The van der Waals surface area contributed by atoms with Crippen molar-refractivity contribution in [3.63, 3.8) is 0 Å². The molecule has 0 atom stereocenters. The van der Waals surface area contributed by atoms with E-state index in [9.17, 15) is 8.42 Å². The predicted molar refractivity (Wildman–Crippen MR) is 78.0 cm³/mol. The number of hydrogen-bond donors (Lipinski definition) is 2. The van der Waals surface area contributed by atoms with Gasteiger partial charge in [-0.15, -0.1) is 5.10 Å². The number of nitrogens with two attached hydrogens (primary N) is 1. The molecule has 1 aliphatic rings. The highest BCUT2D eigenvalue weighted by atomic mass is 32.2. The monoisotopic (exact) mass is 297 g/mol. The van der Waals surface area contributed by atoms with Crippen molar-refractivity contribution in [1.29, 1.82) is 5.41 Å². The van der Waals surface area contributed by atoms with Crippen molar-refractivity contribution in [2.24, 2.45) is 5.73 Å². The van der Waals surface area contributed by atoms with Crippen LogP contribution in [0, 0.1) is 19.3 Å². The summed E-state index contributed by atoms with van der Waals surface area (Å²) in [6.45, 7) is 4.60. The first kappa shape index (κ1) is 14.7. The number of nitrogens with one attached hydrogen (secondary N) is 1. The normalized spacial score (nSPS) is 18.6. The van der Waals surface area contributed by atoms with Crippen LogP contribution < -0.4 is 10.6 Å². The summed E-state index contributed by atoms with van der Waals surface area (Å²) >= 11 is 0. The van der Waals surface area contributed by atoms with Crippen molar-refractivity contribution in [3.8, 4) is 0 Å². The molecule has 20 heavy (non-hydrogen) atoms. The molecule has 0 amide bonds. The fraction of sp³-hybridized carbons (Fsp3) is 0.583. The molecule has 0 spiro atoms. The average Bonchev–Trinajstić information content (AvgIpc) is 2.53. The molecule has 1 aliphatic heterocycles. The van der Waals surface area contributed by atoms with Gasteiger partial charge < -0.3 is 10.6 Å². The van der Waals surface area contributed by atoms with Gasteiger partial charge in [0, 0.05) is 13.1 Å². The summed E-state index contributed by atoms with van der Waals surface area (Å²) < 4.78 is 23.3. The molecule has 1 aromatic heterocycles. The molecule has 0 bridgehead atoms. The first-order valence-corrected chi connectivity index (χ1v) is 8.27. The van der Waals surface area contributed by atoms with Crippen LogP contribution in [0.15, 0.2) is 0 Å². The van der Waals surface area contributed by atoms with Crippen molar-refractivity contribution in [3.05, 3.63) is 16.8 Å². The molecule has 7 nitrogen and oxygen atoms in total. The Morgan fingerprint density at radius 2 is 1.95 bits per heavy atom. The van der Waals surface area contributed by atoms with Crippen LogP contribution in [0.25, 0.3) is 0 Å². The van der Waals surface area contributed by atoms with E-state index in [-0.39, 0.29) is 17.3 Å². The van der Waals surface area contributed by atoms with E-state index in [1.54, 1.807) is 0 Å². The van der Waals surface area contributed by atoms with Gasteiger partial charge in [0.25, 0.3) is 0 Å². The van der Waals surface area contributed by atoms with Gasteiger partial charge in [0.05, 0.1) is 22.8 Å². The lowest BCUT2D eigenvalue weighted by Gasteiger charge is -2.24. The zero-order valence-electron chi connectivity index (χ0n) is 11.7. The Labute approximate surface area is 118 Å². The Morgan fingerprint density at radius 3 is 2.60 bits per heavy atom. The minimum absolute atomic E-state index is 0.0670. The second-order valence-corrected chi connectivity index (χ2v) is 7.32. The third-order valence-corrected chi connectivity index (χ3v) is 5.28. The lowest BCUT2D eigenvalue weighted by atomic mass is 10.1. The van der Waals surface area contributed by atoms with Gasteiger partial charge in [-0.1, -0.05) is 0 Å². The van der Waals surface area contributed by atoms with Crippen LogP contribution in [0.5, 0.6) is 0 Å². The summed E-state index contributed by atoms with van der Waals surface area (Å²) in [5.74, 6) is 0.733. The average molecular weight is 297 g/mol. The summed E-state index contributed by atoms with van der Waals surface area (Å²) in [6.07, 6.45) is 0.550. The molecule has 1 aromatic rings. The number of rotatable bonds is 2. The van der Waals surface area contributed by atoms with Crippen molar-refractivity contribution >= 4 is 21.5 Å². The molecule has 2 rings (SSSR count). The minimum Gasteiger partial charge on any atom is -0.384 e. The van der Waals surface area contributed by atoms with Gasteiger partial charge in [-0.2, -0.15) is 5.10 Å². The molecule has 1 fully saturated rings. The van der Waals surface area contributed by atoms with Crippen LogP contribution in [0.1, 0.15) is 23.2 Å². The fourth-order valence-corrected chi connectivity index (χ4v) is 3.56. The van der Waals surface area contributed by atoms with Crippen molar-refractivity contribution in [1.82, 2.24) is 10.2 Å². The van der Waals surface area contributed by atoms with Gasteiger partial charge in [-0.05, 0) is 25.8 Å². The highest BCUT2D eigenvalue weighted by Gasteiger charge is 2.24.